The molecule has 166 valence electrons. The lowest BCUT2D eigenvalue weighted by molar-refractivity contribution is -0.125. The van der Waals surface area contributed by atoms with E-state index in [1.165, 1.54) is 18.5 Å². The lowest BCUT2D eigenvalue weighted by Gasteiger charge is -2.21. The van der Waals surface area contributed by atoms with Crippen molar-refractivity contribution < 1.29 is 33.8 Å². The number of hydrogen-bond donors (Lipinski definition) is 2. The van der Waals surface area contributed by atoms with Crippen LogP contribution in [-0.2, 0) is 14.3 Å². The zero-order valence-electron chi connectivity index (χ0n) is 17.8. The predicted molar refractivity (Wildman–Crippen MR) is 105 cm³/mol. The summed E-state index contributed by atoms with van der Waals surface area (Å²) in [6, 6.07) is 1.46. The Kier molecular flexibility index (Phi) is 8.08. The number of carboxylic acid groups (broad SMARTS) is 1. The quantitative estimate of drug-likeness (QED) is 0.553. The fourth-order valence-electron chi connectivity index (χ4n) is 1.96. The standard InChI is InChI=1S/C18H27N5O7/c1-17(2,3)29-14(25)19-10-8-12(24)23(16(27)28)13(22-11-7-9-20-22)21-15(26)30-18(4,5)6/h7,9,11H,8,10H2,1-6H3,(H,19,25)(H,27,28). The molecule has 0 aliphatic heterocycles. The number of nitrogens with zero attached hydrogens (tertiary/aromatic N) is 4. The first kappa shape index (κ1) is 24.6. The highest BCUT2D eigenvalue weighted by Crippen LogP contribution is 2.10. The second kappa shape index (κ2) is 9.85. The number of carbonyl (C=O) groups is 4. The van der Waals surface area contributed by atoms with Gasteiger partial charge >= 0.3 is 18.3 Å². The molecule has 12 nitrogen and oxygen atoms in total. The van der Waals surface area contributed by atoms with Gasteiger partial charge in [-0.3, -0.25) is 4.79 Å². The third-order valence-corrected chi connectivity index (χ3v) is 2.94. The number of aromatic nitrogens is 2. The summed E-state index contributed by atoms with van der Waals surface area (Å²) in [5, 5.41) is 15.7. The summed E-state index contributed by atoms with van der Waals surface area (Å²) in [6.07, 6.45) is -1.31. The Morgan fingerprint density at radius 3 is 2.17 bits per heavy atom. The Balaban J connectivity index is 3.01. The van der Waals surface area contributed by atoms with Crippen LogP contribution in [0.2, 0.25) is 0 Å². The number of nitrogens with one attached hydrogen (secondary N) is 1. The van der Waals surface area contributed by atoms with Crippen LogP contribution in [0.4, 0.5) is 14.4 Å². The SMILES string of the molecule is CC(C)(C)OC(=O)N=C(N(C(=O)O)C(=O)CCNC(=O)OC(C)(C)C)n1cccn1. The Bertz CT molecular complexity index is 804. The normalized spacial score (nSPS) is 12.1. The van der Waals surface area contributed by atoms with Gasteiger partial charge < -0.3 is 19.9 Å². The molecule has 0 aliphatic rings. The third-order valence-electron chi connectivity index (χ3n) is 2.94. The minimum absolute atomic E-state index is 0.198. The van der Waals surface area contributed by atoms with E-state index in [1.54, 1.807) is 41.5 Å². The van der Waals surface area contributed by atoms with E-state index < -0.39 is 47.8 Å². The van der Waals surface area contributed by atoms with Crippen molar-refractivity contribution in [3.63, 3.8) is 0 Å². The lowest BCUT2D eigenvalue weighted by atomic mass is 10.2. The van der Waals surface area contributed by atoms with Gasteiger partial charge in [0.1, 0.15) is 11.2 Å². The molecular formula is C18H27N5O7. The molecule has 1 rings (SSSR count). The molecular weight excluding hydrogens is 398 g/mol. The molecule has 1 aromatic heterocycles. The number of aliphatic imine (C=N–C) groups is 1. The molecule has 0 aliphatic carbocycles. The number of ether oxygens (including phenoxy) is 2. The summed E-state index contributed by atoms with van der Waals surface area (Å²) < 4.78 is 11.0. The second-order valence-corrected chi connectivity index (χ2v) is 8.03. The first-order valence-electron chi connectivity index (χ1n) is 9.04. The van der Waals surface area contributed by atoms with Gasteiger partial charge in [-0.05, 0) is 47.6 Å². The van der Waals surface area contributed by atoms with Gasteiger partial charge in [0.05, 0.1) is 0 Å². The first-order valence-corrected chi connectivity index (χ1v) is 9.04. The number of amides is 4. The van der Waals surface area contributed by atoms with Crippen LogP contribution in [0.5, 0.6) is 0 Å². The average molecular weight is 425 g/mol. The molecule has 0 unspecified atom stereocenters. The third kappa shape index (κ3) is 8.71. The van der Waals surface area contributed by atoms with Crippen LogP contribution in [0.3, 0.4) is 0 Å². The van der Waals surface area contributed by atoms with Gasteiger partial charge in [0.2, 0.25) is 11.9 Å². The molecule has 0 saturated heterocycles. The molecule has 0 atom stereocenters. The van der Waals surface area contributed by atoms with Crippen LogP contribution < -0.4 is 5.32 Å². The highest BCUT2D eigenvalue weighted by molar-refractivity contribution is 6.11. The molecule has 12 heteroatoms. The van der Waals surface area contributed by atoms with E-state index in [9.17, 15) is 24.3 Å². The maximum atomic E-state index is 12.5. The van der Waals surface area contributed by atoms with Gasteiger partial charge in [-0.1, -0.05) is 0 Å². The summed E-state index contributed by atoms with van der Waals surface area (Å²) in [5.74, 6) is -1.53. The molecule has 1 heterocycles. The highest BCUT2D eigenvalue weighted by atomic mass is 16.6. The largest absolute Gasteiger partial charge is 0.464 e. The van der Waals surface area contributed by atoms with Gasteiger partial charge in [-0.2, -0.15) is 10.00 Å². The molecule has 2 N–H and O–H groups in total. The van der Waals surface area contributed by atoms with Crippen molar-refractivity contribution in [2.75, 3.05) is 6.54 Å². The Labute approximate surface area is 173 Å². The monoisotopic (exact) mass is 425 g/mol. The summed E-state index contributed by atoms with van der Waals surface area (Å²) in [5.41, 5.74) is -1.61. The smallest absolute Gasteiger partial charge is 0.437 e. The average Bonchev–Trinajstić information content (AvgIpc) is 3.04. The number of imide groups is 1. The topological polar surface area (TPSA) is 152 Å². The van der Waals surface area contributed by atoms with Crippen molar-refractivity contribution in [3.05, 3.63) is 18.5 Å². The zero-order chi connectivity index (χ0) is 23.1. The maximum absolute atomic E-state index is 12.5. The molecule has 0 radical (unpaired) electrons. The minimum Gasteiger partial charge on any atom is -0.464 e. The first-order chi connectivity index (χ1) is 13.7. The summed E-state index contributed by atoms with van der Waals surface area (Å²) in [4.78, 5) is 51.9. The number of hydrogen-bond acceptors (Lipinski definition) is 7. The van der Waals surface area contributed by atoms with E-state index >= 15 is 0 Å². The molecule has 4 amide bonds. The Morgan fingerprint density at radius 2 is 1.70 bits per heavy atom. The second-order valence-electron chi connectivity index (χ2n) is 8.03. The molecule has 0 fully saturated rings. The van der Waals surface area contributed by atoms with E-state index in [2.05, 4.69) is 15.4 Å². The van der Waals surface area contributed by atoms with Gasteiger partial charge in [-0.25, -0.2) is 19.1 Å². The van der Waals surface area contributed by atoms with Crippen LogP contribution >= 0.6 is 0 Å². The van der Waals surface area contributed by atoms with E-state index in [4.69, 9.17) is 9.47 Å². The molecule has 1 aromatic rings. The Hall–Kier alpha value is -3.44. The summed E-state index contributed by atoms with van der Waals surface area (Å²) in [6.45, 7) is 9.65. The molecule has 30 heavy (non-hydrogen) atoms. The maximum Gasteiger partial charge on any atom is 0.437 e. The van der Waals surface area contributed by atoms with E-state index in [1.807, 2.05) is 0 Å². The highest BCUT2D eigenvalue weighted by Gasteiger charge is 2.30. The molecule has 0 spiro atoms. The van der Waals surface area contributed by atoms with Crippen LogP contribution in [0, 0.1) is 0 Å². The van der Waals surface area contributed by atoms with Gasteiger partial charge in [0.25, 0.3) is 0 Å². The van der Waals surface area contributed by atoms with E-state index in [0.29, 0.717) is 0 Å². The van der Waals surface area contributed by atoms with Gasteiger partial charge in [0, 0.05) is 25.4 Å². The van der Waals surface area contributed by atoms with Crippen molar-refractivity contribution in [1.29, 1.82) is 0 Å². The fraction of sp³-hybridized carbons (Fsp3) is 0.556. The molecule has 0 aromatic carbocycles. The van der Waals surface area contributed by atoms with Crippen LogP contribution in [-0.4, -0.2) is 67.7 Å². The number of alkyl carbamates (subject to hydrolysis) is 1. The van der Waals surface area contributed by atoms with Gasteiger partial charge in [-0.15, -0.1) is 4.99 Å². The van der Waals surface area contributed by atoms with Crippen molar-refractivity contribution in [3.8, 4) is 0 Å². The van der Waals surface area contributed by atoms with Crippen LogP contribution in [0.15, 0.2) is 23.5 Å². The fourth-order valence-corrected chi connectivity index (χ4v) is 1.96. The predicted octanol–water partition coefficient (Wildman–Crippen LogP) is 2.44. The van der Waals surface area contributed by atoms with Crippen molar-refractivity contribution in [1.82, 2.24) is 20.0 Å². The zero-order valence-corrected chi connectivity index (χ0v) is 17.8. The van der Waals surface area contributed by atoms with Crippen LogP contribution in [0.1, 0.15) is 48.0 Å². The number of rotatable bonds is 3. The van der Waals surface area contributed by atoms with Gasteiger partial charge in [0.15, 0.2) is 0 Å². The molecule has 0 bridgehead atoms. The summed E-state index contributed by atoms with van der Waals surface area (Å²) >= 11 is 0. The summed E-state index contributed by atoms with van der Waals surface area (Å²) in [7, 11) is 0. The lowest BCUT2D eigenvalue weighted by Crippen LogP contribution is -2.46. The van der Waals surface area contributed by atoms with Crippen LogP contribution in [0.25, 0.3) is 0 Å². The van der Waals surface area contributed by atoms with Crippen molar-refractivity contribution >= 4 is 30.1 Å². The van der Waals surface area contributed by atoms with Crippen molar-refractivity contribution in [2.45, 2.75) is 59.2 Å². The minimum atomic E-state index is -1.69. The number of carbonyl (C=O) groups excluding carboxylic acids is 3. The molecule has 0 saturated carbocycles. The Morgan fingerprint density at radius 1 is 1.10 bits per heavy atom. The van der Waals surface area contributed by atoms with E-state index in [0.717, 1.165) is 4.68 Å². The van der Waals surface area contributed by atoms with E-state index in [-0.39, 0.29) is 11.4 Å². The van der Waals surface area contributed by atoms with Crippen molar-refractivity contribution in [2.24, 2.45) is 4.99 Å².